The molecule has 0 unspecified atom stereocenters. The largest absolute Gasteiger partial charge is 0.455 e. The lowest BCUT2D eigenvalue weighted by Crippen LogP contribution is -2.08. The second kappa shape index (κ2) is 5.88. The Morgan fingerprint density at radius 1 is 1.42 bits per heavy atom. The Labute approximate surface area is 112 Å². The molecule has 2 rings (SSSR count). The minimum Gasteiger partial charge on any atom is -0.455 e. The number of benzene rings is 1. The zero-order valence-corrected chi connectivity index (χ0v) is 11.0. The number of aryl methyl sites for hydroxylation is 1. The number of thiazole rings is 1. The van der Waals surface area contributed by atoms with Gasteiger partial charge in [0.05, 0.1) is 16.3 Å². The average Bonchev–Trinajstić information content (AvgIpc) is 2.84. The standard InChI is InChI=1S/C13H11F2NO2S/c1-2-12-16-9(7-19-12)6-18-13(17)10-4-3-8(14)5-11(10)15/h3-5,7H,2,6H2,1H3. The first-order chi connectivity index (χ1) is 9.10. The Morgan fingerprint density at radius 2 is 2.21 bits per heavy atom. The van der Waals surface area contributed by atoms with Gasteiger partial charge in [0.2, 0.25) is 0 Å². The number of hydrogen-bond donors (Lipinski definition) is 0. The number of halogens is 2. The second-order valence-corrected chi connectivity index (χ2v) is 4.73. The van der Waals surface area contributed by atoms with E-state index in [0.29, 0.717) is 11.8 Å². The lowest BCUT2D eigenvalue weighted by atomic mass is 10.2. The summed E-state index contributed by atoms with van der Waals surface area (Å²) in [6, 6.07) is 2.72. The molecule has 0 atom stereocenters. The molecule has 1 aromatic carbocycles. The molecule has 0 aliphatic rings. The summed E-state index contributed by atoms with van der Waals surface area (Å²) < 4.78 is 31.0. The predicted octanol–water partition coefficient (Wildman–Crippen LogP) is 3.34. The number of carbonyl (C=O) groups excluding carboxylic acids is 1. The first-order valence-electron chi connectivity index (χ1n) is 5.65. The smallest absolute Gasteiger partial charge is 0.341 e. The van der Waals surface area contributed by atoms with E-state index in [1.807, 2.05) is 6.92 Å². The average molecular weight is 283 g/mol. The Bertz CT molecular complexity index is 598. The highest BCUT2D eigenvalue weighted by atomic mass is 32.1. The maximum Gasteiger partial charge on any atom is 0.341 e. The molecule has 6 heteroatoms. The molecule has 1 heterocycles. The molecule has 0 N–H and O–H groups in total. The van der Waals surface area contributed by atoms with Gasteiger partial charge in [-0.1, -0.05) is 6.92 Å². The molecule has 0 amide bonds. The Morgan fingerprint density at radius 3 is 2.84 bits per heavy atom. The van der Waals surface area contributed by atoms with Gasteiger partial charge in [-0.15, -0.1) is 11.3 Å². The highest BCUT2D eigenvalue weighted by Gasteiger charge is 2.14. The van der Waals surface area contributed by atoms with Gasteiger partial charge >= 0.3 is 5.97 Å². The van der Waals surface area contributed by atoms with Crippen molar-refractivity contribution in [3.05, 3.63) is 51.5 Å². The van der Waals surface area contributed by atoms with Crippen LogP contribution in [0.15, 0.2) is 23.6 Å². The van der Waals surface area contributed by atoms with Crippen LogP contribution in [-0.4, -0.2) is 11.0 Å². The van der Waals surface area contributed by atoms with E-state index < -0.39 is 17.6 Å². The van der Waals surface area contributed by atoms with Gasteiger partial charge in [-0.05, 0) is 18.6 Å². The van der Waals surface area contributed by atoms with Crippen molar-refractivity contribution in [3.8, 4) is 0 Å². The summed E-state index contributed by atoms with van der Waals surface area (Å²) >= 11 is 1.48. The van der Waals surface area contributed by atoms with Gasteiger partial charge in [0.25, 0.3) is 0 Å². The quantitative estimate of drug-likeness (QED) is 0.808. The van der Waals surface area contributed by atoms with E-state index in [1.165, 1.54) is 11.3 Å². The molecule has 0 bridgehead atoms. The Balaban J connectivity index is 2.01. The van der Waals surface area contributed by atoms with Crippen molar-refractivity contribution < 1.29 is 18.3 Å². The highest BCUT2D eigenvalue weighted by Crippen LogP contribution is 2.14. The number of esters is 1. The molecular formula is C13H11F2NO2S. The number of nitrogens with zero attached hydrogens (tertiary/aromatic N) is 1. The molecular weight excluding hydrogens is 272 g/mol. The topological polar surface area (TPSA) is 39.2 Å². The van der Waals surface area contributed by atoms with Crippen LogP contribution in [0.2, 0.25) is 0 Å². The third kappa shape index (κ3) is 3.35. The molecule has 100 valence electrons. The summed E-state index contributed by atoms with van der Waals surface area (Å²) in [4.78, 5) is 15.8. The van der Waals surface area contributed by atoms with E-state index in [-0.39, 0.29) is 12.2 Å². The van der Waals surface area contributed by atoms with Crippen LogP contribution in [0.1, 0.15) is 28.0 Å². The van der Waals surface area contributed by atoms with E-state index in [9.17, 15) is 13.6 Å². The lowest BCUT2D eigenvalue weighted by Gasteiger charge is -2.04. The molecule has 3 nitrogen and oxygen atoms in total. The fraction of sp³-hybridized carbons (Fsp3) is 0.231. The van der Waals surface area contributed by atoms with Gasteiger partial charge in [-0.25, -0.2) is 18.6 Å². The number of aromatic nitrogens is 1. The lowest BCUT2D eigenvalue weighted by molar-refractivity contribution is 0.0463. The Hall–Kier alpha value is -1.82. The molecule has 0 aliphatic carbocycles. The second-order valence-electron chi connectivity index (χ2n) is 3.79. The number of carbonyl (C=O) groups is 1. The number of hydrogen-bond acceptors (Lipinski definition) is 4. The summed E-state index contributed by atoms with van der Waals surface area (Å²) in [6.45, 7) is 1.95. The first-order valence-corrected chi connectivity index (χ1v) is 6.53. The van der Waals surface area contributed by atoms with Crippen molar-refractivity contribution in [2.75, 3.05) is 0 Å². The van der Waals surface area contributed by atoms with Gasteiger partial charge in [0, 0.05) is 11.4 Å². The minimum absolute atomic E-state index is 0.0217. The fourth-order valence-corrected chi connectivity index (χ4v) is 2.18. The van der Waals surface area contributed by atoms with E-state index in [4.69, 9.17) is 4.74 Å². The molecule has 0 saturated heterocycles. The van der Waals surface area contributed by atoms with Crippen molar-refractivity contribution in [1.29, 1.82) is 0 Å². The van der Waals surface area contributed by atoms with Crippen LogP contribution in [0.5, 0.6) is 0 Å². The molecule has 2 aromatic rings. The number of ether oxygens (including phenoxy) is 1. The molecule has 1 aromatic heterocycles. The van der Waals surface area contributed by atoms with Crippen molar-refractivity contribution in [2.24, 2.45) is 0 Å². The van der Waals surface area contributed by atoms with Gasteiger partial charge in [0.15, 0.2) is 0 Å². The SMILES string of the molecule is CCc1nc(COC(=O)c2ccc(F)cc2F)cs1. The monoisotopic (exact) mass is 283 g/mol. The van der Waals surface area contributed by atoms with Gasteiger partial charge in [-0.2, -0.15) is 0 Å². The zero-order valence-electron chi connectivity index (χ0n) is 10.2. The van der Waals surface area contributed by atoms with E-state index in [1.54, 1.807) is 5.38 Å². The fourth-order valence-electron chi connectivity index (χ4n) is 1.45. The van der Waals surface area contributed by atoms with Crippen LogP contribution in [0.25, 0.3) is 0 Å². The molecule has 0 fully saturated rings. The van der Waals surface area contributed by atoms with E-state index >= 15 is 0 Å². The van der Waals surface area contributed by atoms with Crippen molar-refractivity contribution in [2.45, 2.75) is 20.0 Å². The molecule has 0 radical (unpaired) electrons. The number of rotatable bonds is 4. The van der Waals surface area contributed by atoms with Gasteiger partial charge < -0.3 is 4.74 Å². The van der Waals surface area contributed by atoms with Gasteiger partial charge in [-0.3, -0.25) is 0 Å². The van der Waals surface area contributed by atoms with Crippen LogP contribution in [0.4, 0.5) is 8.78 Å². The summed E-state index contributed by atoms with van der Waals surface area (Å²) in [5.41, 5.74) is 0.338. The third-order valence-electron chi connectivity index (χ3n) is 2.40. The summed E-state index contributed by atoms with van der Waals surface area (Å²) in [7, 11) is 0. The molecule has 0 spiro atoms. The van der Waals surface area contributed by atoms with Crippen LogP contribution >= 0.6 is 11.3 Å². The van der Waals surface area contributed by atoms with Crippen LogP contribution in [0.3, 0.4) is 0 Å². The van der Waals surface area contributed by atoms with Crippen molar-refractivity contribution in [1.82, 2.24) is 4.98 Å². The van der Waals surface area contributed by atoms with E-state index in [2.05, 4.69) is 4.98 Å². The van der Waals surface area contributed by atoms with Crippen LogP contribution < -0.4 is 0 Å². The first kappa shape index (κ1) is 13.6. The molecule has 0 saturated carbocycles. The third-order valence-corrected chi connectivity index (χ3v) is 3.45. The van der Waals surface area contributed by atoms with Crippen molar-refractivity contribution in [3.63, 3.8) is 0 Å². The normalized spacial score (nSPS) is 10.5. The summed E-state index contributed by atoms with van der Waals surface area (Å²) in [6.07, 6.45) is 0.811. The molecule has 19 heavy (non-hydrogen) atoms. The van der Waals surface area contributed by atoms with E-state index in [0.717, 1.165) is 23.6 Å². The Kier molecular flexibility index (Phi) is 4.21. The minimum atomic E-state index is -0.933. The maximum atomic E-state index is 13.3. The highest BCUT2D eigenvalue weighted by molar-refractivity contribution is 7.09. The molecule has 0 aliphatic heterocycles. The van der Waals surface area contributed by atoms with Gasteiger partial charge in [0.1, 0.15) is 18.2 Å². The predicted molar refractivity (Wildman–Crippen MR) is 67.0 cm³/mol. The van der Waals surface area contributed by atoms with Crippen LogP contribution in [-0.2, 0) is 17.8 Å². The summed E-state index contributed by atoms with van der Waals surface area (Å²) in [5, 5.41) is 2.73. The maximum absolute atomic E-state index is 13.3. The summed E-state index contributed by atoms with van der Waals surface area (Å²) in [5.74, 6) is -2.50. The van der Waals surface area contributed by atoms with Crippen molar-refractivity contribution >= 4 is 17.3 Å². The zero-order chi connectivity index (χ0) is 13.8. The van der Waals surface area contributed by atoms with Crippen LogP contribution in [0, 0.1) is 11.6 Å².